The van der Waals surface area contributed by atoms with Crippen molar-refractivity contribution in [2.24, 2.45) is 0 Å². The Bertz CT molecular complexity index is 651. The summed E-state index contributed by atoms with van der Waals surface area (Å²) in [5.74, 6) is -0.945. The molecule has 0 spiro atoms. The van der Waals surface area contributed by atoms with Gasteiger partial charge in [-0.05, 0) is 31.6 Å². The van der Waals surface area contributed by atoms with E-state index in [1.54, 1.807) is 0 Å². The van der Waals surface area contributed by atoms with E-state index in [2.05, 4.69) is 15.6 Å². The highest BCUT2D eigenvalue weighted by molar-refractivity contribution is 7.80. The van der Waals surface area contributed by atoms with Gasteiger partial charge in [-0.1, -0.05) is 30.3 Å². The lowest BCUT2D eigenvalue weighted by Gasteiger charge is -2.16. The maximum atomic E-state index is 11.4. The van der Waals surface area contributed by atoms with Crippen molar-refractivity contribution in [1.82, 2.24) is 10.3 Å². The van der Waals surface area contributed by atoms with Crippen molar-refractivity contribution < 1.29 is 9.90 Å². The lowest BCUT2D eigenvalue weighted by atomic mass is 10.1. The smallest absolute Gasteiger partial charge is 0.326 e. The first-order valence-corrected chi connectivity index (χ1v) is 7.96. The summed E-state index contributed by atoms with van der Waals surface area (Å²) in [4.78, 5) is 16.8. The van der Waals surface area contributed by atoms with E-state index in [-0.39, 0.29) is 5.11 Å². The van der Waals surface area contributed by atoms with Gasteiger partial charge >= 0.3 is 5.97 Å². The third kappa shape index (κ3) is 4.51. The number of hydrogen-bond donors (Lipinski definition) is 3. The zero-order valence-corrected chi connectivity index (χ0v) is 13.9. The minimum Gasteiger partial charge on any atom is -0.480 e. The van der Waals surface area contributed by atoms with Gasteiger partial charge in [-0.25, -0.2) is 9.78 Å². The molecule has 5 nitrogen and oxygen atoms in total. The molecule has 2 rings (SSSR count). The summed E-state index contributed by atoms with van der Waals surface area (Å²) in [5.41, 5.74) is 1.88. The summed E-state index contributed by atoms with van der Waals surface area (Å²) < 4.78 is 0. The lowest BCUT2D eigenvalue weighted by molar-refractivity contribution is -0.139. The second-order valence-electron chi connectivity index (χ2n) is 4.84. The van der Waals surface area contributed by atoms with Gasteiger partial charge < -0.3 is 15.7 Å². The number of rotatable bonds is 5. The number of thiazole rings is 1. The van der Waals surface area contributed by atoms with Gasteiger partial charge in [0.15, 0.2) is 10.2 Å². The van der Waals surface area contributed by atoms with Crippen LogP contribution in [0, 0.1) is 13.8 Å². The van der Waals surface area contributed by atoms with Crippen LogP contribution < -0.4 is 10.6 Å². The van der Waals surface area contributed by atoms with E-state index in [0.29, 0.717) is 11.6 Å². The van der Waals surface area contributed by atoms with Crippen LogP contribution in [0.25, 0.3) is 0 Å². The Balaban J connectivity index is 1.98. The number of anilines is 1. The molecule has 0 saturated heterocycles. The molecule has 0 saturated carbocycles. The monoisotopic (exact) mass is 335 g/mol. The SMILES string of the molecule is Cc1nc(NC(=S)NC(Cc2ccccc2)C(=O)O)sc1C. The van der Waals surface area contributed by atoms with Gasteiger partial charge in [-0.3, -0.25) is 0 Å². The first kappa shape index (κ1) is 16.4. The summed E-state index contributed by atoms with van der Waals surface area (Å²) in [6.07, 6.45) is 0.355. The van der Waals surface area contributed by atoms with Crippen LogP contribution in [-0.4, -0.2) is 27.2 Å². The second-order valence-corrected chi connectivity index (χ2v) is 6.45. The molecule has 0 radical (unpaired) electrons. The van der Waals surface area contributed by atoms with Crippen LogP contribution in [0.4, 0.5) is 5.13 Å². The Morgan fingerprint density at radius 2 is 2.05 bits per heavy atom. The van der Waals surface area contributed by atoms with Gasteiger partial charge in [0.1, 0.15) is 6.04 Å². The van der Waals surface area contributed by atoms with E-state index in [1.807, 2.05) is 44.2 Å². The summed E-state index contributed by atoms with van der Waals surface area (Å²) in [6.45, 7) is 3.90. The van der Waals surface area contributed by atoms with Crippen LogP contribution in [0.5, 0.6) is 0 Å². The molecule has 1 heterocycles. The summed E-state index contributed by atoms with van der Waals surface area (Å²) in [5, 5.41) is 16.0. The number of hydrogen-bond acceptors (Lipinski definition) is 4. The molecular formula is C15H17N3O2S2. The van der Waals surface area contributed by atoms with Gasteiger partial charge in [-0.15, -0.1) is 11.3 Å². The largest absolute Gasteiger partial charge is 0.480 e. The Morgan fingerprint density at radius 1 is 1.36 bits per heavy atom. The predicted octanol–water partition coefficient (Wildman–Crippen LogP) is 2.74. The Hall–Kier alpha value is -1.99. The number of carbonyl (C=O) groups is 1. The summed E-state index contributed by atoms with van der Waals surface area (Å²) in [6, 6.07) is 8.65. The fourth-order valence-corrected chi connectivity index (χ4v) is 2.99. The molecule has 1 aromatic heterocycles. The van der Waals surface area contributed by atoms with Crippen molar-refractivity contribution in [3.63, 3.8) is 0 Å². The lowest BCUT2D eigenvalue weighted by Crippen LogP contribution is -2.44. The number of thiocarbonyl (C=S) groups is 1. The standard InChI is InChI=1S/C15H17N3O2S2/c1-9-10(2)22-15(16-9)18-14(21)17-12(13(19)20)8-11-6-4-3-5-7-11/h3-7,12H,8H2,1-2H3,(H,19,20)(H2,16,17,18,21). The van der Waals surface area contributed by atoms with E-state index in [1.165, 1.54) is 11.3 Å². The molecule has 0 aliphatic rings. The van der Waals surface area contributed by atoms with Crippen LogP contribution in [0.15, 0.2) is 30.3 Å². The molecule has 1 atom stereocenters. The molecule has 22 heavy (non-hydrogen) atoms. The molecule has 0 amide bonds. The average molecular weight is 335 g/mol. The zero-order valence-electron chi connectivity index (χ0n) is 12.3. The van der Waals surface area contributed by atoms with Gasteiger partial charge in [0.2, 0.25) is 0 Å². The van der Waals surface area contributed by atoms with E-state index in [9.17, 15) is 9.90 Å². The number of carboxylic acids is 1. The Kier molecular flexibility index (Phi) is 5.46. The van der Waals surface area contributed by atoms with Gasteiger partial charge in [0.05, 0.1) is 5.69 Å². The van der Waals surface area contributed by atoms with Crippen molar-refractivity contribution >= 4 is 39.8 Å². The fourth-order valence-electron chi connectivity index (χ4n) is 1.87. The second kappa shape index (κ2) is 7.33. The number of nitrogens with one attached hydrogen (secondary N) is 2. The van der Waals surface area contributed by atoms with Crippen LogP contribution >= 0.6 is 23.6 Å². The predicted molar refractivity (Wildman–Crippen MR) is 92.5 cm³/mol. The average Bonchev–Trinajstić information content (AvgIpc) is 2.77. The molecule has 1 unspecified atom stereocenters. The molecule has 116 valence electrons. The number of aliphatic carboxylic acids is 1. The summed E-state index contributed by atoms with van der Waals surface area (Å²) in [7, 11) is 0. The molecule has 0 fully saturated rings. The number of aromatic nitrogens is 1. The maximum Gasteiger partial charge on any atom is 0.326 e. The fraction of sp³-hybridized carbons (Fsp3) is 0.267. The minimum absolute atomic E-state index is 0.261. The van der Waals surface area contributed by atoms with Gasteiger partial charge in [-0.2, -0.15) is 0 Å². The zero-order chi connectivity index (χ0) is 16.1. The summed E-state index contributed by atoms with van der Waals surface area (Å²) >= 11 is 6.67. The molecule has 0 aliphatic heterocycles. The highest BCUT2D eigenvalue weighted by atomic mass is 32.1. The molecule has 3 N–H and O–H groups in total. The highest BCUT2D eigenvalue weighted by Gasteiger charge is 2.19. The molecule has 0 bridgehead atoms. The molecular weight excluding hydrogens is 318 g/mol. The van der Waals surface area contributed by atoms with E-state index >= 15 is 0 Å². The number of carboxylic acid groups (broad SMARTS) is 1. The number of nitrogens with zero attached hydrogens (tertiary/aromatic N) is 1. The van der Waals surface area contributed by atoms with Crippen molar-refractivity contribution in [2.75, 3.05) is 5.32 Å². The third-order valence-electron chi connectivity index (χ3n) is 3.14. The molecule has 1 aromatic carbocycles. The Labute approximate surface area is 138 Å². The highest BCUT2D eigenvalue weighted by Crippen LogP contribution is 2.20. The van der Waals surface area contributed by atoms with E-state index < -0.39 is 12.0 Å². The van der Waals surface area contributed by atoms with Gasteiger partial charge in [0.25, 0.3) is 0 Å². The van der Waals surface area contributed by atoms with Crippen molar-refractivity contribution in [2.45, 2.75) is 26.3 Å². The molecule has 7 heteroatoms. The number of benzene rings is 1. The van der Waals surface area contributed by atoms with Gasteiger partial charge in [0, 0.05) is 11.3 Å². The molecule has 0 aliphatic carbocycles. The number of aryl methyl sites for hydroxylation is 2. The van der Waals surface area contributed by atoms with Crippen LogP contribution in [-0.2, 0) is 11.2 Å². The minimum atomic E-state index is -0.945. The normalized spacial score (nSPS) is 11.7. The van der Waals surface area contributed by atoms with Crippen LogP contribution in [0.2, 0.25) is 0 Å². The maximum absolute atomic E-state index is 11.4. The Morgan fingerprint density at radius 3 is 2.59 bits per heavy atom. The first-order valence-electron chi connectivity index (χ1n) is 6.74. The van der Waals surface area contributed by atoms with E-state index in [0.717, 1.165) is 16.1 Å². The topological polar surface area (TPSA) is 74.2 Å². The van der Waals surface area contributed by atoms with Crippen molar-refractivity contribution in [1.29, 1.82) is 0 Å². The van der Waals surface area contributed by atoms with Crippen LogP contribution in [0.3, 0.4) is 0 Å². The van der Waals surface area contributed by atoms with Crippen LogP contribution in [0.1, 0.15) is 16.1 Å². The van der Waals surface area contributed by atoms with Crippen molar-refractivity contribution in [3.05, 3.63) is 46.5 Å². The first-order chi connectivity index (χ1) is 10.5. The van der Waals surface area contributed by atoms with Crippen molar-refractivity contribution in [3.8, 4) is 0 Å². The third-order valence-corrected chi connectivity index (χ3v) is 4.34. The van der Waals surface area contributed by atoms with E-state index in [4.69, 9.17) is 12.2 Å². The molecule has 2 aromatic rings. The quantitative estimate of drug-likeness (QED) is 0.730.